The third-order valence-corrected chi connectivity index (χ3v) is 4.88. The Morgan fingerprint density at radius 2 is 2.08 bits per heavy atom. The maximum atomic E-state index is 14.2. The summed E-state index contributed by atoms with van der Waals surface area (Å²) < 4.78 is 27.8. The minimum atomic E-state index is -0.891. The number of allylic oxidation sites excluding steroid dienone is 2. The number of pyridine rings is 1. The Labute approximate surface area is 148 Å². The predicted molar refractivity (Wildman–Crippen MR) is 94.4 cm³/mol. The first-order valence-electron chi connectivity index (χ1n) is 8.39. The normalized spacial score (nSPS) is 17.3. The van der Waals surface area contributed by atoms with Crippen LogP contribution in [-0.4, -0.2) is 21.0 Å². The van der Waals surface area contributed by atoms with Crippen molar-refractivity contribution < 1.29 is 18.7 Å². The van der Waals surface area contributed by atoms with Crippen molar-refractivity contribution in [2.24, 2.45) is 5.92 Å². The molecular weight excluding hydrogens is 338 g/mol. The first kappa shape index (κ1) is 16.4. The summed E-state index contributed by atoms with van der Waals surface area (Å²) in [6, 6.07) is 7.63. The Balaban J connectivity index is 1.77. The zero-order valence-electron chi connectivity index (χ0n) is 13.8. The van der Waals surface area contributed by atoms with Crippen LogP contribution in [0.15, 0.2) is 42.6 Å². The molecule has 0 radical (unpaired) electrons. The Morgan fingerprint density at radius 3 is 2.81 bits per heavy atom. The highest BCUT2D eigenvalue weighted by Crippen LogP contribution is 2.35. The number of aromatic nitrogens is 2. The molecule has 4 rings (SSSR count). The van der Waals surface area contributed by atoms with Crippen LogP contribution >= 0.6 is 0 Å². The Bertz CT molecular complexity index is 1040. The summed E-state index contributed by atoms with van der Waals surface area (Å²) in [5.41, 5.74) is 3.19. The monoisotopic (exact) mass is 354 g/mol. The van der Waals surface area contributed by atoms with E-state index in [9.17, 15) is 13.6 Å². The van der Waals surface area contributed by atoms with E-state index in [1.807, 2.05) is 12.1 Å². The zero-order chi connectivity index (χ0) is 18.3. The van der Waals surface area contributed by atoms with Crippen molar-refractivity contribution in [2.45, 2.75) is 19.3 Å². The number of hydrogen-bond acceptors (Lipinski definition) is 2. The summed E-state index contributed by atoms with van der Waals surface area (Å²) in [6.07, 6.45) is 5.19. The molecule has 0 saturated heterocycles. The van der Waals surface area contributed by atoms with Crippen LogP contribution in [0, 0.1) is 17.6 Å². The smallest absolute Gasteiger partial charge is 0.306 e. The lowest BCUT2D eigenvalue weighted by Crippen LogP contribution is -2.15. The number of nitrogens with one attached hydrogen (secondary N) is 1. The summed E-state index contributed by atoms with van der Waals surface area (Å²) in [6.45, 7) is 0. The van der Waals surface area contributed by atoms with Crippen LogP contribution in [0.4, 0.5) is 8.78 Å². The number of carboxylic acids is 1. The molecule has 1 aliphatic carbocycles. The van der Waals surface area contributed by atoms with Crippen LogP contribution in [-0.2, 0) is 4.79 Å². The van der Waals surface area contributed by atoms with E-state index in [1.54, 1.807) is 12.3 Å². The molecule has 0 bridgehead atoms. The number of carbonyl (C=O) groups is 1. The summed E-state index contributed by atoms with van der Waals surface area (Å²) in [5.74, 6) is -2.90. The average Bonchev–Trinajstić information content (AvgIpc) is 3.08. The third kappa shape index (κ3) is 2.77. The molecule has 3 aromatic rings. The second-order valence-electron chi connectivity index (χ2n) is 6.44. The number of carboxylic acid groups (broad SMARTS) is 1. The van der Waals surface area contributed by atoms with Gasteiger partial charge >= 0.3 is 5.97 Å². The quantitative estimate of drug-likeness (QED) is 0.712. The first-order chi connectivity index (χ1) is 12.5. The highest BCUT2D eigenvalue weighted by atomic mass is 19.2. The summed E-state index contributed by atoms with van der Waals surface area (Å²) in [4.78, 5) is 18.6. The van der Waals surface area contributed by atoms with Gasteiger partial charge in [0, 0.05) is 22.8 Å². The maximum absolute atomic E-state index is 14.2. The molecule has 0 amide bonds. The fourth-order valence-electron chi connectivity index (χ4n) is 3.45. The molecule has 4 nitrogen and oxygen atoms in total. The predicted octanol–water partition coefficient (Wildman–Crippen LogP) is 4.78. The Morgan fingerprint density at radius 1 is 1.23 bits per heavy atom. The van der Waals surface area contributed by atoms with Crippen molar-refractivity contribution >= 4 is 22.6 Å². The Hall–Kier alpha value is -3.02. The average molecular weight is 354 g/mol. The van der Waals surface area contributed by atoms with Gasteiger partial charge in [0.25, 0.3) is 0 Å². The number of H-pyrrole nitrogens is 1. The van der Waals surface area contributed by atoms with E-state index < -0.39 is 17.6 Å². The molecule has 2 N–H and O–H groups in total. The molecule has 26 heavy (non-hydrogen) atoms. The van der Waals surface area contributed by atoms with Crippen LogP contribution in [0.1, 0.15) is 25.0 Å². The molecule has 0 spiro atoms. The lowest BCUT2D eigenvalue weighted by Gasteiger charge is -2.17. The summed E-state index contributed by atoms with van der Waals surface area (Å²) in [5, 5.41) is 9.81. The van der Waals surface area contributed by atoms with Crippen LogP contribution < -0.4 is 0 Å². The number of rotatable bonds is 3. The molecule has 1 unspecified atom stereocenters. The van der Waals surface area contributed by atoms with Gasteiger partial charge in [-0.15, -0.1) is 0 Å². The molecule has 1 aromatic carbocycles. The second kappa shape index (κ2) is 6.37. The van der Waals surface area contributed by atoms with Gasteiger partial charge in [-0.05, 0) is 48.6 Å². The number of hydrogen-bond donors (Lipinski definition) is 2. The minimum Gasteiger partial charge on any atom is -0.481 e. The van der Waals surface area contributed by atoms with Gasteiger partial charge in [-0.3, -0.25) is 4.79 Å². The van der Waals surface area contributed by atoms with E-state index in [1.165, 1.54) is 12.1 Å². The molecular formula is C20H16F2N2O2. The molecule has 1 atom stereocenters. The fraction of sp³-hybridized carbons (Fsp3) is 0.200. The fourth-order valence-corrected chi connectivity index (χ4v) is 3.45. The van der Waals surface area contributed by atoms with Crippen molar-refractivity contribution in [2.75, 3.05) is 0 Å². The van der Waals surface area contributed by atoms with Gasteiger partial charge in [-0.2, -0.15) is 0 Å². The van der Waals surface area contributed by atoms with Crippen molar-refractivity contribution in [3.63, 3.8) is 0 Å². The van der Waals surface area contributed by atoms with Crippen molar-refractivity contribution in [1.82, 2.24) is 9.97 Å². The largest absolute Gasteiger partial charge is 0.481 e. The first-order valence-corrected chi connectivity index (χ1v) is 8.39. The van der Waals surface area contributed by atoms with Crippen molar-refractivity contribution in [1.29, 1.82) is 0 Å². The van der Waals surface area contributed by atoms with Gasteiger partial charge in [0.05, 0.1) is 5.92 Å². The van der Waals surface area contributed by atoms with Crippen molar-refractivity contribution in [3.8, 4) is 11.1 Å². The topological polar surface area (TPSA) is 66.0 Å². The number of halogens is 2. The number of aliphatic carboxylic acids is 1. The van der Waals surface area contributed by atoms with Crippen LogP contribution in [0.3, 0.4) is 0 Å². The van der Waals surface area contributed by atoms with Gasteiger partial charge in [0.15, 0.2) is 11.6 Å². The zero-order valence-corrected chi connectivity index (χ0v) is 13.8. The number of benzene rings is 1. The van der Waals surface area contributed by atoms with E-state index in [2.05, 4.69) is 9.97 Å². The third-order valence-electron chi connectivity index (χ3n) is 4.88. The highest BCUT2D eigenvalue weighted by molar-refractivity contribution is 5.95. The van der Waals surface area contributed by atoms with Gasteiger partial charge in [0.1, 0.15) is 5.65 Å². The standard InChI is InChI=1S/C20H16F2N2O2/c21-16-3-1-2-14(18(16)22)13-8-9-23-19-15(13)10-17(24-19)11-4-6-12(7-5-11)20(25)26/h1-4,8-10,12H,5-7H2,(H,23,24)(H,25,26). The summed E-state index contributed by atoms with van der Waals surface area (Å²) >= 11 is 0. The molecule has 2 aromatic heterocycles. The molecule has 6 heteroatoms. The van der Waals surface area contributed by atoms with Crippen molar-refractivity contribution in [3.05, 3.63) is 59.9 Å². The van der Waals surface area contributed by atoms with Gasteiger partial charge in [-0.25, -0.2) is 13.8 Å². The summed E-state index contributed by atoms with van der Waals surface area (Å²) in [7, 11) is 0. The number of nitrogens with zero attached hydrogens (tertiary/aromatic N) is 1. The van der Waals surface area contributed by atoms with E-state index in [0.29, 0.717) is 35.9 Å². The van der Waals surface area contributed by atoms with Gasteiger partial charge in [0.2, 0.25) is 0 Å². The lowest BCUT2D eigenvalue weighted by atomic mass is 9.88. The van der Waals surface area contributed by atoms with E-state index in [-0.39, 0.29) is 11.5 Å². The molecule has 0 saturated carbocycles. The van der Waals surface area contributed by atoms with Gasteiger partial charge in [-0.1, -0.05) is 18.2 Å². The minimum absolute atomic E-state index is 0.187. The van der Waals surface area contributed by atoms with Gasteiger partial charge < -0.3 is 10.1 Å². The van der Waals surface area contributed by atoms with E-state index in [0.717, 1.165) is 17.3 Å². The highest BCUT2D eigenvalue weighted by Gasteiger charge is 2.22. The van der Waals surface area contributed by atoms with Crippen LogP contribution in [0.25, 0.3) is 27.7 Å². The molecule has 2 heterocycles. The second-order valence-corrected chi connectivity index (χ2v) is 6.44. The number of aromatic amines is 1. The Kier molecular flexibility index (Phi) is 4.03. The maximum Gasteiger partial charge on any atom is 0.306 e. The van der Waals surface area contributed by atoms with E-state index >= 15 is 0 Å². The van der Waals surface area contributed by atoms with Crippen LogP contribution in [0.5, 0.6) is 0 Å². The molecule has 0 fully saturated rings. The molecule has 132 valence electrons. The molecule has 1 aliphatic rings. The SMILES string of the molecule is O=C(O)C1CC=C(c2cc3c(-c4cccc(F)c4F)ccnc3[nH]2)CC1. The van der Waals surface area contributed by atoms with E-state index in [4.69, 9.17) is 5.11 Å². The van der Waals surface area contributed by atoms with Crippen LogP contribution in [0.2, 0.25) is 0 Å². The molecule has 0 aliphatic heterocycles. The lowest BCUT2D eigenvalue weighted by molar-refractivity contribution is -0.141. The number of fused-ring (bicyclic) bond motifs is 1.